The maximum Gasteiger partial charge on any atom is 0.309 e. The van der Waals surface area contributed by atoms with E-state index in [1.807, 2.05) is 0 Å². The number of ether oxygens (including phenoxy) is 1. The van der Waals surface area contributed by atoms with Crippen LogP contribution in [0.2, 0.25) is 5.15 Å². The van der Waals surface area contributed by atoms with Crippen LogP contribution < -0.4 is 10.1 Å². The minimum atomic E-state index is -3.44. The van der Waals surface area contributed by atoms with Gasteiger partial charge in [0.25, 0.3) is 5.91 Å². The normalized spacial score (nSPS) is 15.3. The molecule has 0 bridgehead atoms. The summed E-state index contributed by atoms with van der Waals surface area (Å²) in [7, 11) is -3.44. The Kier molecular flexibility index (Phi) is 6.80. The van der Waals surface area contributed by atoms with Gasteiger partial charge in [0.15, 0.2) is 15.0 Å². The van der Waals surface area contributed by atoms with Crippen molar-refractivity contribution in [3.8, 4) is 5.75 Å². The molecule has 1 atom stereocenters. The van der Waals surface area contributed by atoms with Crippen LogP contribution in [0.5, 0.6) is 5.75 Å². The Morgan fingerprint density at radius 1 is 1.26 bits per heavy atom. The lowest BCUT2D eigenvalue weighted by Crippen LogP contribution is -2.43. The molecule has 3 aromatic rings. The van der Waals surface area contributed by atoms with E-state index in [1.54, 1.807) is 0 Å². The van der Waals surface area contributed by atoms with Crippen LogP contribution in [0.1, 0.15) is 31.0 Å². The van der Waals surface area contributed by atoms with E-state index < -0.39 is 38.9 Å². The van der Waals surface area contributed by atoms with Gasteiger partial charge >= 0.3 is 5.97 Å². The number of carboxylic acids is 1. The van der Waals surface area contributed by atoms with Gasteiger partial charge in [0.1, 0.15) is 16.6 Å². The van der Waals surface area contributed by atoms with Crippen LogP contribution in [0.4, 0.5) is 9.52 Å². The van der Waals surface area contributed by atoms with Gasteiger partial charge < -0.3 is 9.84 Å². The van der Waals surface area contributed by atoms with E-state index in [0.717, 1.165) is 0 Å². The fraction of sp³-hybridized carbons (Fsp3) is 0.273. The molecule has 0 saturated heterocycles. The molecule has 0 radical (unpaired) electrons. The summed E-state index contributed by atoms with van der Waals surface area (Å²) >= 11 is 6.31. The maximum atomic E-state index is 14.1. The Bertz CT molecular complexity index is 1380. The largest absolute Gasteiger partial charge is 0.481 e. The highest BCUT2D eigenvalue weighted by Gasteiger charge is 2.40. The third kappa shape index (κ3) is 5.44. The van der Waals surface area contributed by atoms with Gasteiger partial charge in [0, 0.05) is 5.56 Å². The van der Waals surface area contributed by atoms with Crippen molar-refractivity contribution in [2.75, 3.05) is 5.32 Å². The summed E-state index contributed by atoms with van der Waals surface area (Å²) in [4.78, 5) is 32.2. The number of aliphatic carboxylic acids is 1. The summed E-state index contributed by atoms with van der Waals surface area (Å²) < 4.78 is 45.2. The Hall–Kier alpha value is -3.09. The minimum absolute atomic E-state index is 0.139. The maximum absolute atomic E-state index is 14.1. The fourth-order valence-electron chi connectivity index (χ4n) is 3.28. The summed E-state index contributed by atoms with van der Waals surface area (Å²) in [6.07, 6.45) is 1.91. The van der Waals surface area contributed by atoms with Gasteiger partial charge in [-0.2, -0.15) is 4.39 Å². The Balaban J connectivity index is 1.66. The average Bonchev–Trinajstić information content (AvgIpc) is 3.61. The van der Waals surface area contributed by atoms with Crippen LogP contribution in [-0.2, 0) is 31.4 Å². The van der Waals surface area contributed by atoms with Crippen molar-refractivity contribution in [2.24, 2.45) is 0 Å². The van der Waals surface area contributed by atoms with Crippen molar-refractivity contribution < 1.29 is 32.2 Å². The first-order chi connectivity index (χ1) is 16.5. The number of rotatable bonds is 9. The molecule has 4 rings (SSSR count). The molecule has 1 aromatic carbocycles. The number of aromatic nitrogens is 2. The molecule has 0 aliphatic heterocycles. The van der Waals surface area contributed by atoms with Crippen LogP contribution in [0.25, 0.3) is 0 Å². The zero-order valence-electron chi connectivity index (χ0n) is 18.2. The SMILES string of the molecule is CC(Oc1ccc(Cl)nc1)(C(=O)Nc1nc(CC(=O)O)c(F)s1)c1ccc(S(=O)(=O)C2CC2)cc1. The van der Waals surface area contributed by atoms with Crippen LogP contribution >= 0.6 is 22.9 Å². The molecule has 2 heterocycles. The zero-order valence-corrected chi connectivity index (χ0v) is 20.6. The third-order valence-electron chi connectivity index (χ3n) is 5.34. The van der Waals surface area contributed by atoms with Crippen molar-refractivity contribution in [3.63, 3.8) is 0 Å². The number of nitrogens with zero attached hydrogens (tertiary/aromatic N) is 2. The van der Waals surface area contributed by atoms with E-state index in [4.69, 9.17) is 21.4 Å². The zero-order chi connectivity index (χ0) is 25.4. The van der Waals surface area contributed by atoms with E-state index >= 15 is 0 Å². The molecule has 9 nitrogen and oxygen atoms in total. The molecule has 35 heavy (non-hydrogen) atoms. The molecule has 1 fully saturated rings. The summed E-state index contributed by atoms with van der Waals surface area (Å²) in [6.45, 7) is 1.45. The number of thiazole rings is 1. The van der Waals surface area contributed by atoms with Gasteiger partial charge in [-0.05, 0) is 44.0 Å². The first-order valence-electron chi connectivity index (χ1n) is 10.3. The van der Waals surface area contributed by atoms with Gasteiger partial charge in [-0.25, -0.2) is 18.4 Å². The molecule has 13 heteroatoms. The van der Waals surface area contributed by atoms with Crippen molar-refractivity contribution >= 4 is 49.8 Å². The molecule has 1 unspecified atom stereocenters. The molecular formula is C22H19ClFN3O6S2. The quantitative estimate of drug-likeness (QED) is 0.392. The van der Waals surface area contributed by atoms with E-state index in [2.05, 4.69) is 15.3 Å². The second-order valence-corrected chi connectivity index (χ2v) is 11.5. The predicted octanol–water partition coefficient (Wildman–Crippen LogP) is 3.83. The molecule has 1 saturated carbocycles. The van der Waals surface area contributed by atoms with E-state index in [0.29, 0.717) is 29.7 Å². The monoisotopic (exact) mass is 539 g/mol. The molecule has 0 spiro atoms. The van der Waals surface area contributed by atoms with Crippen LogP contribution in [0.15, 0.2) is 47.5 Å². The summed E-state index contributed by atoms with van der Waals surface area (Å²) in [6, 6.07) is 8.72. The van der Waals surface area contributed by atoms with Crippen molar-refractivity contribution in [2.45, 2.75) is 41.9 Å². The average molecular weight is 540 g/mol. The Morgan fingerprint density at radius 3 is 2.51 bits per heavy atom. The fourth-order valence-corrected chi connectivity index (χ4v) is 5.76. The molecule has 2 N–H and O–H groups in total. The van der Waals surface area contributed by atoms with E-state index in [9.17, 15) is 22.4 Å². The van der Waals surface area contributed by atoms with Crippen molar-refractivity contribution in [1.29, 1.82) is 0 Å². The molecule has 1 amide bonds. The number of sulfone groups is 1. The number of carbonyl (C=O) groups excluding carboxylic acids is 1. The highest BCUT2D eigenvalue weighted by molar-refractivity contribution is 7.92. The van der Waals surface area contributed by atoms with Crippen LogP contribution in [0.3, 0.4) is 0 Å². The smallest absolute Gasteiger partial charge is 0.309 e. The minimum Gasteiger partial charge on any atom is -0.481 e. The van der Waals surface area contributed by atoms with Crippen molar-refractivity contribution in [3.05, 3.63) is 64.1 Å². The van der Waals surface area contributed by atoms with Gasteiger partial charge in [-0.1, -0.05) is 35.1 Å². The lowest BCUT2D eigenvalue weighted by molar-refractivity contribution is -0.136. The summed E-state index contributed by atoms with van der Waals surface area (Å²) in [5.74, 6) is -1.82. The van der Waals surface area contributed by atoms with Crippen LogP contribution in [-0.4, -0.2) is 40.6 Å². The molecule has 2 aromatic heterocycles. The standard InChI is InChI=1S/C22H19ClFN3O6S2/c1-22(33-13-4-9-17(23)25-11-13,12-2-5-14(6-3-12)35(31,32)15-7-8-15)20(30)27-21-26-16(10-18(28)29)19(24)34-21/h2-6,9,11,15H,7-8,10H2,1H3,(H,28,29)(H,26,27,30). The number of hydrogen-bond donors (Lipinski definition) is 2. The first kappa shape index (κ1) is 25.0. The first-order valence-corrected chi connectivity index (χ1v) is 13.1. The molecular weight excluding hydrogens is 521 g/mol. The number of benzene rings is 1. The highest BCUT2D eigenvalue weighted by atomic mass is 35.5. The molecule has 184 valence electrons. The van der Waals surface area contributed by atoms with Gasteiger partial charge in [-0.3, -0.25) is 14.9 Å². The number of anilines is 1. The topological polar surface area (TPSA) is 136 Å². The van der Waals surface area contributed by atoms with Gasteiger partial charge in [-0.15, -0.1) is 0 Å². The third-order valence-corrected chi connectivity index (χ3v) is 8.64. The number of carboxylic acid groups (broad SMARTS) is 1. The summed E-state index contributed by atoms with van der Waals surface area (Å²) in [5.41, 5.74) is -1.73. The Labute approximate surface area is 208 Å². The summed E-state index contributed by atoms with van der Waals surface area (Å²) in [5, 5.41) is 10.2. The number of nitrogens with one attached hydrogen (secondary N) is 1. The van der Waals surface area contributed by atoms with Crippen molar-refractivity contribution in [1.82, 2.24) is 9.97 Å². The van der Waals surface area contributed by atoms with E-state index in [-0.39, 0.29) is 31.9 Å². The number of amides is 1. The van der Waals surface area contributed by atoms with Crippen LogP contribution in [0, 0.1) is 5.13 Å². The number of carbonyl (C=O) groups is 2. The lowest BCUT2D eigenvalue weighted by atomic mass is 9.94. The number of halogens is 2. The van der Waals surface area contributed by atoms with Gasteiger partial charge in [0.2, 0.25) is 10.7 Å². The lowest BCUT2D eigenvalue weighted by Gasteiger charge is -2.29. The van der Waals surface area contributed by atoms with Gasteiger partial charge in [0.05, 0.1) is 22.8 Å². The Morgan fingerprint density at radius 2 is 1.94 bits per heavy atom. The second kappa shape index (κ2) is 9.51. The predicted molar refractivity (Wildman–Crippen MR) is 126 cm³/mol. The van der Waals surface area contributed by atoms with E-state index in [1.165, 1.54) is 49.5 Å². The molecule has 1 aliphatic rings. The number of pyridine rings is 1. The molecule has 1 aliphatic carbocycles. The second-order valence-electron chi connectivity index (χ2n) is 7.98. The highest BCUT2D eigenvalue weighted by Crippen LogP contribution is 2.36. The number of hydrogen-bond acceptors (Lipinski definition) is 8.